The molecule has 1 aromatic heterocycles. The van der Waals surface area contributed by atoms with Crippen molar-refractivity contribution in [3.8, 4) is 0 Å². The first-order valence-corrected chi connectivity index (χ1v) is 5.48. The van der Waals surface area contributed by atoms with E-state index in [2.05, 4.69) is 21.2 Å². The van der Waals surface area contributed by atoms with E-state index in [1.165, 1.54) is 12.3 Å². The van der Waals surface area contributed by atoms with Crippen molar-refractivity contribution in [2.75, 3.05) is 5.32 Å². The Morgan fingerprint density at radius 1 is 1.17 bits per heavy atom. The van der Waals surface area contributed by atoms with E-state index in [-0.39, 0.29) is 10.2 Å². The van der Waals surface area contributed by atoms with Gasteiger partial charge < -0.3 is 9.73 Å². The van der Waals surface area contributed by atoms with Crippen LogP contribution < -0.4 is 5.32 Å². The fourth-order valence-electron chi connectivity index (χ4n) is 1.27. The first-order valence-electron chi connectivity index (χ1n) is 4.68. The summed E-state index contributed by atoms with van der Waals surface area (Å²) in [6.07, 6.45) is 1.25. The maximum Gasteiger partial charge on any atom is 0.260 e. The van der Waals surface area contributed by atoms with Crippen molar-refractivity contribution in [2.24, 2.45) is 0 Å². The van der Waals surface area contributed by atoms with Crippen molar-refractivity contribution in [3.05, 3.63) is 52.1 Å². The average Bonchev–Trinajstić information content (AvgIpc) is 2.76. The number of hydrogen-bond acceptors (Lipinski definition) is 2. The molecule has 1 N–H and O–H groups in total. The Labute approximate surface area is 108 Å². The highest BCUT2D eigenvalue weighted by molar-refractivity contribution is 9.10. The highest BCUT2D eigenvalue weighted by atomic mass is 79.9. The summed E-state index contributed by atoms with van der Waals surface area (Å²) in [5.74, 6) is -5.13. The average molecular weight is 320 g/mol. The summed E-state index contributed by atoms with van der Waals surface area (Å²) in [5, 5.41) is 2.11. The van der Waals surface area contributed by atoms with Crippen LogP contribution in [-0.4, -0.2) is 5.91 Å². The molecule has 0 aliphatic rings. The second-order valence-electron chi connectivity index (χ2n) is 3.29. The zero-order valence-electron chi connectivity index (χ0n) is 8.64. The lowest BCUT2D eigenvalue weighted by Crippen LogP contribution is -2.13. The second-order valence-corrected chi connectivity index (χ2v) is 4.01. The largest absolute Gasteiger partial charge is 0.457 e. The number of carbonyl (C=O) groups is 1. The first kappa shape index (κ1) is 12.7. The van der Waals surface area contributed by atoms with E-state index in [0.29, 0.717) is 0 Å². The Bertz CT molecular complexity index is 612. The van der Waals surface area contributed by atoms with Gasteiger partial charge in [0, 0.05) is 0 Å². The highest BCUT2D eigenvalue weighted by Crippen LogP contribution is 2.22. The van der Waals surface area contributed by atoms with Crippen LogP contribution >= 0.6 is 15.9 Å². The molecule has 0 atom stereocenters. The van der Waals surface area contributed by atoms with Crippen LogP contribution in [-0.2, 0) is 0 Å². The van der Waals surface area contributed by atoms with E-state index < -0.39 is 29.0 Å². The fourth-order valence-corrected chi connectivity index (χ4v) is 1.69. The number of anilines is 1. The molecule has 0 saturated heterocycles. The number of halogens is 4. The summed E-state index contributed by atoms with van der Waals surface area (Å²) in [6.45, 7) is 0. The second kappa shape index (κ2) is 4.85. The molecular formula is C11H5BrF3NO2. The van der Waals surface area contributed by atoms with Crippen LogP contribution in [0.25, 0.3) is 0 Å². The van der Waals surface area contributed by atoms with Crippen molar-refractivity contribution < 1.29 is 22.4 Å². The monoisotopic (exact) mass is 319 g/mol. The van der Waals surface area contributed by atoms with Gasteiger partial charge in [-0.3, -0.25) is 4.79 Å². The zero-order valence-corrected chi connectivity index (χ0v) is 10.2. The standard InChI is InChI=1S/C11H5BrF3NO2/c12-10-5(3-4-18-10)11(17)16-7-2-1-6(13)8(14)9(7)15/h1-4H,(H,16,17). The number of furan rings is 1. The van der Waals surface area contributed by atoms with E-state index in [1.54, 1.807) is 0 Å². The van der Waals surface area contributed by atoms with Gasteiger partial charge in [0.25, 0.3) is 5.91 Å². The van der Waals surface area contributed by atoms with Crippen LogP contribution in [0.1, 0.15) is 10.4 Å². The molecule has 7 heteroatoms. The predicted molar refractivity (Wildman–Crippen MR) is 60.7 cm³/mol. The number of hydrogen-bond donors (Lipinski definition) is 1. The van der Waals surface area contributed by atoms with Crippen molar-refractivity contribution in [2.45, 2.75) is 0 Å². The Balaban J connectivity index is 2.28. The molecule has 0 saturated carbocycles. The lowest BCUT2D eigenvalue weighted by molar-refractivity contribution is 0.102. The smallest absolute Gasteiger partial charge is 0.260 e. The Morgan fingerprint density at radius 3 is 2.50 bits per heavy atom. The quantitative estimate of drug-likeness (QED) is 0.857. The van der Waals surface area contributed by atoms with Gasteiger partial charge in [-0.2, -0.15) is 0 Å². The van der Waals surface area contributed by atoms with Crippen molar-refractivity contribution in [1.82, 2.24) is 0 Å². The molecule has 2 aromatic rings. The minimum Gasteiger partial charge on any atom is -0.457 e. The van der Waals surface area contributed by atoms with Crippen LogP contribution in [0.3, 0.4) is 0 Å². The molecule has 0 unspecified atom stereocenters. The van der Waals surface area contributed by atoms with E-state index in [9.17, 15) is 18.0 Å². The van der Waals surface area contributed by atoms with Crippen LogP contribution in [0, 0.1) is 17.5 Å². The van der Waals surface area contributed by atoms with Crippen molar-refractivity contribution in [3.63, 3.8) is 0 Å². The van der Waals surface area contributed by atoms with Gasteiger partial charge in [-0.15, -0.1) is 0 Å². The molecule has 1 aromatic carbocycles. The van der Waals surface area contributed by atoms with Gasteiger partial charge in [0.05, 0.1) is 17.5 Å². The van der Waals surface area contributed by atoms with Crippen molar-refractivity contribution in [1.29, 1.82) is 0 Å². The number of amides is 1. The molecule has 0 fully saturated rings. The zero-order chi connectivity index (χ0) is 13.3. The SMILES string of the molecule is O=C(Nc1ccc(F)c(F)c1F)c1ccoc1Br. The molecule has 1 heterocycles. The van der Waals surface area contributed by atoms with Crippen LogP contribution in [0.5, 0.6) is 0 Å². The maximum atomic E-state index is 13.3. The van der Waals surface area contributed by atoms with Gasteiger partial charge in [0.2, 0.25) is 0 Å². The Kier molecular flexibility index (Phi) is 3.42. The molecule has 0 aliphatic heterocycles. The molecular weight excluding hydrogens is 315 g/mol. The maximum absolute atomic E-state index is 13.3. The lowest BCUT2D eigenvalue weighted by atomic mass is 10.2. The molecule has 2 rings (SSSR count). The Morgan fingerprint density at radius 2 is 1.89 bits per heavy atom. The third kappa shape index (κ3) is 2.26. The van der Waals surface area contributed by atoms with Crippen molar-refractivity contribution >= 4 is 27.5 Å². The normalized spacial score (nSPS) is 10.4. The van der Waals surface area contributed by atoms with Crippen LogP contribution in [0.2, 0.25) is 0 Å². The molecule has 1 amide bonds. The summed E-state index contributed by atoms with van der Waals surface area (Å²) < 4.78 is 43.9. The van der Waals surface area contributed by atoms with Gasteiger partial charge in [0.15, 0.2) is 22.1 Å². The summed E-state index contributed by atoms with van der Waals surface area (Å²) >= 11 is 2.97. The number of carbonyl (C=O) groups excluding carboxylic acids is 1. The molecule has 3 nitrogen and oxygen atoms in total. The molecule has 0 spiro atoms. The summed E-state index contributed by atoms with van der Waals surface area (Å²) in [5.41, 5.74) is -0.342. The number of rotatable bonds is 2. The third-order valence-corrected chi connectivity index (χ3v) is 2.76. The minimum atomic E-state index is -1.64. The molecule has 18 heavy (non-hydrogen) atoms. The van der Waals surface area contributed by atoms with Gasteiger partial charge in [-0.1, -0.05) is 0 Å². The predicted octanol–water partition coefficient (Wildman–Crippen LogP) is 3.71. The summed E-state index contributed by atoms with van der Waals surface area (Å²) in [4.78, 5) is 11.7. The van der Waals surface area contributed by atoms with Crippen LogP contribution in [0.4, 0.5) is 18.9 Å². The first-order chi connectivity index (χ1) is 8.50. The number of nitrogens with one attached hydrogen (secondary N) is 1. The van der Waals surface area contributed by atoms with Gasteiger partial charge in [-0.05, 0) is 34.1 Å². The molecule has 0 radical (unpaired) electrons. The lowest BCUT2D eigenvalue weighted by Gasteiger charge is -2.06. The van der Waals surface area contributed by atoms with Gasteiger partial charge >= 0.3 is 0 Å². The summed E-state index contributed by atoms with van der Waals surface area (Å²) in [6, 6.07) is 3.00. The third-order valence-electron chi connectivity index (χ3n) is 2.15. The Hall–Kier alpha value is -1.76. The fraction of sp³-hybridized carbons (Fsp3) is 0. The molecule has 0 bridgehead atoms. The molecule has 0 aliphatic carbocycles. The van der Waals surface area contributed by atoms with E-state index in [1.807, 2.05) is 0 Å². The van der Waals surface area contributed by atoms with Gasteiger partial charge in [-0.25, -0.2) is 13.2 Å². The highest BCUT2D eigenvalue weighted by Gasteiger charge is 2.18. The summed E-state index contributed by atoms with van der Waals surface area (Å²) in [7, 11) is 0. The van der Waals surface area contributed by atoms with E-state index in [0.717, 1.165) is 12.1 Å². The van der Waals surface area contributed by atoms with E-state index in [4.69, 9.17) is 4.42 Å². The van der Waals surface area contributed by atoms with Gasteiger partial charge in [0.1, 0.15) is 0 Å². The van der Waals surface area contributed by atoms with Crippen LogP contribution in [0.15, 0.2) is 33.5 Å². The molecule has 94 valence electrons. The number of benzene rings is 1. The minimum absolute atomic E-state index is 0.110. The topological polar surface area (TPSA) is 42.2 Å². The van der Waals surface area contributed by atoms with E-state index >= 15 is 0 Å².